The Morgan fingerprint density at radius 2 is 1.87 bits per heavy atom. The van der Waals surface area contributed by atoms with Crippen molar-refractivity contribution in [1.82, 2.24) is 4.90 Å². The number of ether oxygens (including phenoxy) is 1. The molecule has 2 fully saturated rings. The van der Waals surface area contributed by atoms with E-state index in [1.54, 1.807) is 6.07 Å². The van der Waals surface area contributed by atoms with Gasteiger partial charge in [0.15, 0.2) is 6.10 Å². The van der Waals surface area contributed by atoms with E-state index in [9.17, 15) is 14.7 Å². The van der Waals surface area contributed by atoms with Crippen LogP contribution >= 0.6 is 11.6 Å². The number of rotatable bonds is 5. The van der Waals surface area contributed by atoms with Gasteiger partial charge in [0.25, 0.3) is 5.91 Å². The van der Waals surface area contributed by atoms with Gasteiger partial charge >= 0.3 is 5.63 Å². The van der Waals surface area contributed by atoms with Crippen LogP contribution < -0.4 is 10.4 Å². The van der Waals surface area contributed by atoms with Crippen LogP contribution in [0.3, 0.4) is 0 Å². The quantitative estimate of drug-likeness (QED) is 0.374. The smallest absolute Gasteiger partial charge is 0.339 e. The molecule has 3 aromatic rings. The number of carbonyl (C=O) groups is 1. The van der Waals surface area contributed by atoms with Crippen LogP contribution in [-0.4, -0.2) is 34.2 Å². The molecule has 1 unspecified atom stereocenters. The molecular formula is C32H36ClNO5. The fourth-order valence-corrected chi connectivity index (χ4v) is 7.28. The van der Waals surface area contributed by atoms with E-state index in [-0.39, 0.29) is 23.5 Å². The molecule has 1 saturated carbocycles. The molecule has 0 bridgehead atoms. The molecule has 0 spiro atoms. The van der Waals surface area contributed by atoms with Crippen molar-refractivity contribution >= 4 is 28.5 Å². The van der Waals surface area contributed by atoms with E-state index in [0.29, 0.717) is 35.7 Å². The minimum Gasteiger partial charge on any atom is -0.480 e. The van der Waals surface area contributed by atoms with Crippen molar-refractivity contribution in [1.29, 1.82) is 0 Å². The number of piperidine rings is 1. The van der Waals surface area contributed by atoms with Gasteiger partial charge in [-0.3, -0.25) is 4.79 Å². The van der Waals surface area contributed by atoms with Crippen molar-refractivity contribution in [2.24, 2.45) is 5.92 Å². The summed E-state index contributed by atoms with van der Waals surface area (Å²) in [5, 5.41) is 13.2. The number of nitrogens with zero attached hydrogens (tertiary/aromatic N) is 1. The number of benzene rings is 2. The Labute approximate surface area is 233 Å². The first-order valence-corrected chi connectivity index (χ1v) is 14.8. The van der Waals surface area contributed by atoms with E-state index >= 15 is 0 Å². The summed E-state index contributed by atoms with van der Waals surface area (Å²) in [6.45, 7) is 2.41. The van der Waals surface area contributed by atoms with E-state index in [1.165, 1.54) is 0 Å². The van der Waals surface area contributed by atoms with Crippen LogP contribution in [0.4, 0.5) is 0 Å². The number of carbonyl (C=O) groups excluding carboxylic acids is 1. The molecule has 1 aromatic heterocycles. The summed E-state index contributed by atoms with van der Waals surface area (Å²) in [4.78, 5) is 28.6. The molecule has 7 heteroatoms. The van der Waals surface area contributed by atoms with Gasteiger partial charge in [-0.05, 0) is 86.8 Å². The number of halogens is 1. The Bertz CT molecular complexity index is 1430. The van der Waals surface area contributed by atoms with Crippen LogP contribution in [-0.2, 0) is 17.6 Å². The second-order valence-corrected chi connectivity index (χ2v) is 11.9. The number of aliphatic hydroxyl groups is 1. The molecular weight excluding hydrogens is 514 g/mol. The molecule has 39 heavy (non-hydrogen) atoms. The van der Waals surface area contributed by atoms with E-state index < -0.39 is 11.7 Å². The Hall–Kier alpha value is -2.83. The third-order valence-corrected chi connectivity index (χ3v) is 9.43. The van der Waals surface area contributed by atoms with Crippen molar-refractivity contribution in [2.75, 3.05) is 6.54 Å². The topological polar surface area (TPSA) is 80.0 Å². The molecule has 2 aromatic carbocycles. The lowest BCUT2D eigenvalue weighted by atomic mass is 9.66. The van der Waals surface area contributed by atoms with Crippen molar-refractivity contribution < 1.29 is 19.1 Å². The first-order valence-electron chi connectivity index (χ1n) is 14.4. The zero-order valence-corrected chi connectivity index (χ0v) is 23.2. The summed E-state index contributed by atoms with van der Waals surface area (Å²) in [5.74, 6) is 0.386. The van der Waals surface area contributed by atoms with Crippen LogP contribution in [0.1, 0.15) is 81.0 Å². The lowest BCUT2D eigenvalue weighted by Crippen LogP contribution is -2.58. The van der Waals surface area contributed by atoms with Crippen LogP contribution in [0.25, 0.3) is 11.0 Å². The van der Waals surface area contributed by atoms with E-state index in [0.717, 1.165) is 73.4 Å². The molecule has 1 saturated heterocycles. The van der Waals surface area contributed by atoms with Crippen LogP contribution in [0.5, 0.6) is 5.75 Å². The fraction of sp³-hybridized carbons (Fsp3) is 0.500. The lowest BCUT2D eigenvalue weighted by molar-refractivity contribution is -0.161. The molecule has 206 valence electrons. The zero-order valence-electron chi connectivity index (χ0n) is 22.5. The molecule has 6 rings (SSSR count). The van der Waals surface area contributed by atoms with Gasteiger partial charge in [-0.1, -0.05) is 43.5 Å². The van der Waals surface area contributed by atoms with Crippen molar-refractivity contribution in [3.63, 3.8) is 0 Å². The highest BCUT2D eigenvalue weighted by Crippen LogP contribution is 2.49. The van der Waals surface area contributed by atoms with Gasteiger partial charge < -0.3 is 19.2 Å². The highest BCUT2D eigenvalue weighted by molar-refractivity contribution is 6.30. The van der Waals surface area contributed by atoms with Gasteiger partial charge in [0.2, 0.25) is 0 Å². The molecule has 1 aliphatic heterocycles. The molecule has 1 amide bonds. The molecule has 6 nitrogen and oxygen atoms in total. The highest BCUT2D eigenvalue weighted by atomic mass is 35.5. The summed E-state index contributed by atoms with van der Waals surface area (Å²) in [7, 11) is 0. The number of likely N-dealkylation sites (tertiary alicyclic amines) is 1. The minimum atomic E-state index is -0.767. The van der Waals surface area contributed by atoms with E-state index in [2.05, 4.69) is 0 Å². The zero-order chi connectivity index (χ0) is 27.1. The molecule has 0 radical (unpaired) electrons. The van der Waals surface area contributed by atoms with E-state index in [1.807, 2.05) is 48.2 Å². The second kappa shape index (κ2) is 10.6. The summed E-state index contributed by atoms with van der Waals surface area (Å²) in [6.07, 6.45) is 7.77. The maximum absolute atomic E-state index is 14.1. The largest absolute Gasteiger partial charge is 0.480 e. The first-order chi connectivity index (χ1) is 18.9. The van der Waals surface area contributed by atoms with Crippen molar-refractivity contribution in [3.05, 3.63) is 74.6 Å². The third kappa shape index (κ3) is 4.87. The maximum Gasteiger partial charge on any atom is 0.339 e. The van der Waals surface area contributed by atoms with Crippen molar-refractivity contribution in [2.45, 2.75) is 88.9 Å². The molecule has 3 aliphatic rings. The standard InChI is InChI=1S/C32H36ClNO5/c1-2-27(38-22-14-15-24-23-7-3-4-8-25(23)31(36)39-28(24)19-22)30(35)34-18-17-32(37)16-6-5-9-26(32)29(34)20-10-12-21(33)13-11-20/h10-15,19,26-27,29,37H,2-9,16-18H2,1H3/t26-,27?,29-,32-/m0/s1. The monoisotopic (exact) mass is 549 g/mol. The second-order valence-electron chi connectivity index (χ2n) is 11.5. The molecule has 4 atom stereocenters. The summed E-state index contributed by atoms with van der Waals surface area (Å²) < 4.78 is 12.0. The number of aryl methyl sites for hydroxylation is 1. The van der Waals surface area contributed by atoms with Gasteiger partial charge in [-0.15, -0.1) is 0 Å². The lowest BCUT2D eigenvalue weighted by Gasteiger charge is -2.53. The predicted octanol–water partition coefficient (Wildman–Crippen LogP) is 6.38. The van der Waals surface area contributed by atoms with Crippen LogP contribution in [0.15, 0.2) is 51.7 Å². The molecule has 2 aliphatic carbocycles. The Kier molecular flexibility index (Phi) is 7.19. The highest BCUT2D eigenvalue weighted by Gasteiger charge is 2.51. The number of hydrogen-bond acceptors (Lipinski definition) is 5. The van der Waals surface area contributed by atoms with Gasteiger partial charge in [-0.2, -0.15) is 0 Å². The summed E-state index contributed by atoms with van der Waals surface area (Å²) in [6, 6.07) is 13.0. The summed E-state index contributed by atoms with van der Waals surface area (Å²) in [5.41, 5.74) is 2.34. The molecule has 2 heterocycles. The maximum atomic E-state index is 14.1. The third-order valence-electron chi connectivity index (χ3n) is 9.18. The predicted molar refractivity (Wildman–Crippen MR) is 151 cm³/mol. The van der Waals surface area contributed by atoms with Crippen LogP contribution in [0.2, 0.25) is 5.02 Å². The SMILES string of the molecule is CCC(Oc1ccc2c3c(c(=O)oc2c1)CCCC3)C(=O)N1CC[C@@]2(O)CCCC[C@H]2[C@@H]1c1ccc(Cl)cc1. The van der Waals surface area contributed by atoms with Crippen molar-refractivity contribution in [3.8, 4) is 5.75 Å². The summed E-state index contributed by atoms with van der Waals surface area (Å²) >= 11 is 6.19. The number of amides is 1. The van der Waals surface area contributed by atoms with Gasteiger partial charge in [0, 0.05) is 34.5 Å². The Balaban J connectivity index is 1.30. The number of hydrogen-bond donors (Lipinski definition) is 1. The Morgan fingerprint density at radius 1 is 1.10 bits per heavy atom. The van der Waals surface area contributed by atoms with Gasteiger partial charge in [0.05, 0.1) is 11.6 Å². The van der Waals surface area contributed by atoms with Gasteiger partial charge in [0.1, 0.15) is 11.3 Å². The number of fused-ring (bicyclic) bond motifs is 4. The average molecular weight is 550 g/mol. The minimum absolute atomic E-state index is 0.0382. The Morgan fingerprint density at radius 3 is 2.64 bits per heavy atom. The van der Waals surface area contributed by atoms with Crippen LogP contribution in [0, 0.1) is 5.92 Å². The van der Waals surface area contributed by atoms with E-state index in [4.69, 9.17) is 20.8 Å². The molecule has 1 N–H and O–H groups in total. The fourth-order valence-electron chi connectivity index (χ4n) is 7.16. The normalized spacial score (nSPS) is 25.6. The first kappa shape index (κ1) is 26.4. The average Bonchev–Trinajstić information content (AvgIpc) is 2.95. The van der Waals surface area contributed by atoms with Gasteiger partial charge in [-0.25, -0.2) is 4.79 Å².